The molecule has 2 saturated heterocycles. The second-order valence-electron chi connectivity index (χ2n) is 7.47. The molecule has 0 atom stereocenters. The maximum atomic E-state index is 12.9. The van der Waals surface area contributed by atoms with E-state index >= 15 is 0 Å². The van der Waals surface area contributed by atoms with Crippen LogP contribution in [0.2, 0.25) is 0 Å². The third kappa shape index (κ3) is 5.12. The van der Waals surface area contributed by atoms with Gasteiger partial charge in [-0.1, -0.05) is 72.2 Å². The van der Waals surface area contributed by atoms with Gasteiger partial charge in [-0.15, -0.1) is 0 Å². The molecule has 0 N–H and O–H groups in total. The predicted molar refractivity (Wildman–Crippen MR) is 153 cm³/mol. The second-order valence-corrected chi connectivity index (χ2v) is 12.4. The van der Waals surface area contributed by atoms with Gasteiger partial charge in [0.1, 0.15) is 8.64 Å². The van der Waals surface area contributed by atoms with E-state index in [0.717, 1.165) is 22.3 Å². The van der Waals surface area contributed by atoms with Crippen molar-refractivity contribution in [1.82, 2.24) is 9.80 Å². The number of benzene rings is 1. The highest BCUT2D eigenvalue weighted by Gasteiger charge is 2.33. The summed E-state index contributed by atoms with van der Waals surface area (Å²) in [6, 6.07) is 11.8. The summed E-state index contributed by atoms with van der Waals surface area (Å²) in [5.74, 6) is -0.163. The van der Waals surface area contributed by atoms with Crippen LogP contribution in [-0.2, 0) is 22.7 Å². The molecule has 10 heteroatoms. The van der Waals surface area contributed by atoms with E-state index in [1.807, 2.05) is 70.1 Å². The van der Waals surface area contributed by atoms with Gasteiger partial charge in [0.05, 0.1) is 22.9 Å². The van der Waals surface area contributed by atoms with Crippen LogP contribution in [0.15, 0.2) is 67.7 Å². The van der Waals surface area contributed by atoms with E-state index in [0.29, 0.717) is 31.5 Å². The fraction of sp³-hybridized carbons (Fsp3) is 0.0833. The molecule has 4 nitrogen and oxygen atoms in total. The predicted octanol–water partition coefficient (Wildman–Crippen LogP) is 6.61. The van der Waals surface area contributed by atoms with Crippen molar-refractivity contribution >= 4 is 103 Å². The summed E-state index contributed by atoms with van der Waals surface area (Å²) < 4.78 is 1.10. The van der Waals surface area contributed by atoms with E-state index in [1.165, 1.54) is 23.5 Å². The Balaban J connectivity index is 1.29. The van der Waals surface area contributed by atoms with Gasteiger partial charge >= 0.3 is 0 Å². The smallest absolute Gasteiger partial charge is 0.266 e. The number of hydrogen-bond donors (Lipinski definition) is 0. The Morgan fingerprint density at radius 1 is 0.735 bits per heavy atom. The first-order chi connectivity index (χ1) is 16.5. The number of rotatable bonds is 6. The molecule has 2 aromatic heterocycles. The third-order valence-corrected chi connectivity index (χ3v) is 9.26. The number of nitrogens with zero attached hydrogens (tertiary/aromatic N) is 2. The Bertz CT molecular complexity index is 1240. The van der Waals surface area contributed by atoms with Crippen LogP contribution in [0.25, 0.3) is 12.2 Å². The number of carbonyl (C=O) groups is 2. The lowest BCUT2D eigenvalue weighted by atomic mass is 10.1. The third-order valence-electron chi connectivity index (χ3n) is 5.10. The van der Waals surface area contributed by atoms with Crippen LogP contribution >= 0.6 is 70.6 Å². The van der Waals surface area contributed by atoms with Crippen molar-refractivity contribution in [3.05, 3.63) is 90.0 Å². The van der Waals surface area contributed by atoms with Gasteiger partial charge in [-0.2, -0.15) is 22.7 Å². The monoisotopic (exact) mass is 556 g/mol. The molecule has 3 aromatic rings. The van der Waals surface area contributed by atoms with E-state index in [1.54, 1.807) is 32.5 Å². The highest BCUT2D eigenvalue weighted by atomic mass is 32.2. The molecule has 0 saturated carbocycles. The molecular formula is C24H16N2O2S6. The summed E-state index contributed by atoms with van der Waals surface area (Å²) >= 11 is 16.8. The molecule has 0 unspecified atom stereocenters. The lowest BCUT2D eigenvalue weighted by Gasteiger charge is -2.17. The van der Waals surface area contributed by atoms with Gasteiger partial charge in [-0.3, -0.25) is 19.4 Å². The van der Waals surface area contributed by atoms with Crippen LogP contribution in [0.3, 0.4) is 0 Å². The molecule has 0 radical (unpaired) electrons. The summed E-state index contributed by atoms with van der Waals surface area (Å²) in [4.78, 5) is 30.4. The van der Waals surface area contributed by atoms with Crippen molar-refractivity contribution in [3.8, 4) is 0 Å². The first-order valence-corrected chi connectivity index (χ1v) is 14.4. The summed E-state index contributed by atoms with van der Waals surface area (Å²) in [5, 5.41) is 7.96. The van der Waals surface area contributed by atoms with Gasteiger partial charge in [0.2, 0.25) is 0 Å². The van der Waals surface area contributed by atoms with Gasteiger partial charge < -0.3 is 0 Å². The summed E-state index contributed by atoms with van der Waals surface area (Å²) in [7, 11) is 0. The van der Waals surface area contributed by atoms with Gasteiger partial charge in [0, 0.05) is 0 Å². The van der Waals surface area contributed by atoms with Crippen LogP contribution in [-0.4, -0.2) is 30.3 Å². The Labute approximate surface area is 224 Å². The van der Waals surface area contributed by atoms with E-state index in [9.17, 15) is 9.59 Å². The average Bonchev–Trinajstić information content (AvgIpc) is 3.61. The SMILES string of the molecule is O=C1/C(=C/c2ccsc2)SC(=S)N1Cc1cccc(CN2C(=O)/C(=C/c3ccsc3)SC2=S)c1. The molecule has 170 valence electrons. The van der Waals surface area contributed by atoms with Crippen LogP contribution in [0, 0.1) is 0 Å². The van der Waals surface area contributed by atoms with Crippen molar-refractivity contribution in [2.75, 3.05) is 0 Å². The summed E-state index contributed by atoms with van der Waals surface area (Å²) in [6.07, 6.45) is 3.76. The standard InChI is InChI=1S/C24H16N2O2S6/c27-21-19(9-17-4-6-31-13-17)33-23(29)25(21)11-15-2-1-3-16(8-15)12-26-22(28)20(34-24(26)30)10-18-5-7-32-14-18/h1-10,13-14H,11-12H2/b19-9-,20-10-. The first kappa shape index (κ1) is 23.7. The minimum Gasteiger partial charge on any atom is -0.288 e. The van der Waals surface area contributed by atoms with E-state index in [2.05, 4.69) is 0 Å². The van der Waals surface area contributed by atoms with E-state index in [4.69, 9.17) is 24.4 Å². The van der Waals surface area contributed by atoms with Crippen molar-refractivity contribution in [2.24, 2.45) is 0 Å². The number of carbonyl (C=O) groups excluding carboxylic acids is 2. The maximum absolute atomic E-state index is 12.9. The van der Waals surface area contributed by atoms with Crippen molar-refractivity contribution in [2.45, 2.75) is 13.1 Å². The number of hydrogen-bond acceptors (Lipinski definition) is 8. The molecular weight excluding hydrogens is 541 g/mol. The number of thiophene rings is 2. The van der Waals surface area contributed by atoms with Gasteiger partial charge in [0.15, 0.2) is 0 Å². The van der Waals surface area contributed by atoms with Crippen LogP contribution < -0.4 is 0 Å². The Hall–Kier alpha value is -2.08. The number of thiocarbonyl (C=S) groups is 2. The fourth-order valence-corrected chi connectivity index (χ4v) is 7.23. The van der Waals surface area contributed by atoms with Crippen LogP contribution in [0.4, 0.5) is 0 Å². The quantitative estimate of drug-likeness (QED) is 0.251. The molecule has 2 fully saturated rings. The van der Waals surface area contributed by atoms with Crippen LogP contribution in [0.1, 0.15) is 22.3 Å². The lowest BCUT2D eigenvalue weighted by Crippen LogP contribution is -2.28. The zero-order valence-electron chi connectivity index (χ0n) is 17.5. The second kappa shape index (κ2) is 10.3. The highest BCUT2D eigenvalue weighted by Crippen LogP contribution is 2.35. The highest BCUT2D eigenvalue weighted by molar-refractivity contribution is 8.27. The zero-order valence-corrected chi connectivity index (χ0v) is 22.4. The number of amides is 2. The molecule has 0 spiro atoms. The van der Waals surface area contributed by atoms with Gasteiger partial charge in [-0.25, -0.2) is 0 Å². The van der Waals surface area contributed by atoms with Crippen molar-refractivity contribution in [1.29, 1.82) is 0 Å². The number of thioether (sulfide) groups is 2. The molecule has 2 aliphatic heterocycles. The molecule has 5 rings (SSSR count). The van der Waals surface area contributed by atoms with Gasteiger partial charge in [0.25, 0.3) is 11.8 Å². The molecule has 4 heterocycles. The topological polar surface area (TPSA) is 40.6 Å². The summed E-state index contributed by atoms with van der Waals surface area (Å²) in [5.41, 5.74) is 3.91. The van der Waals surface area contributed by atoms with Crippen molar-refractivity contribution < 1.29 is 9.59 Å². The van der Waals surface area contributed by atoms with Crippen molar-refractivity contribution in [3.63, 3.8) is 0 Å². The van der Waals surface area contributed by atoms with Crippen LogP contribution in [0.5, 0.6) is 0 Å². The molecule has 0 bridgehead atoms. The zero-order chi connectivity index (χ0) is 23.7. The Morgan fingerprint density at radius 3 is 1.62 bits per heavy atom. The van der Waals surface area contributed by atoms with E-state index in [-0.39, 0.29) is 11.8 Å². The largest absolute Gasteiger partial charge is 0.288 e. The Kier molecular flexibility index (Phi) is 7.14. The Morgan fingerprint density at radius 2 is 1.21 bits per heavy atom. The van der Waals surface area contributed by atoms with E-state index < -0.39 is 0 Å². The molecule has 1 aromatic carbocycles. The molecule has 34 heavy (non-hydrogen) atoms. The minimum absolute atomic E-state index is 0.0814. The summed E-state index contributed by atoms with van der Waals surface area (Å²) in [6.45, 7) is 0.770. The lowest BCUT2D eigenvalue weighted by molar-refractivity contribution is -0.123. The molecule has 0 aliphatic carbocycles. The maximum Gasteiger partial charge on any atom is 0.266 e. The molecule has 2 amide bonds. The first-order valence-electron chi connectivity index (χ1n) is 10.1. The minimum atomic E-state index is -0.0814. The fourth-order valence-electron chi connectivity index (χ4n) is 3.48. The van der Waals surface area contributed by atoms with Gasteiger partial charge in [-0.05, 0) is 68.1 Å². The molecule has 2 aliphatic rings. The normalized spacial score (nSPS) is 18.8. The average molecular weight is 557 g/mol.